The second-order valence-electron chi connectivity index (χ2n) is 1.12. The first kappa shape index (κ1) is 7.92. The molecule has 0 atom stereocenters. The Bertz CT molecular complexity index is 225. The van der Waals surface area contributed by atoms with Crippen LogP contribution in [0.1, 0.15) is 0 Å². The monoisotopic (exact) mass is 138 g/mol. The van der Waals surface area contributed by atoms with Gasteiger partial charge in [0.15, 0.2) is 0 Å². The summed E-state index contributed by atoms with van der Waals surface area (Å²) in [5, 5.41) is 36.9. The Balaban J connectivity index is 4.70. The van der Waals surface area contributed by atoms with Gasteiger partial charge in [-0.1, -0.05) is 10.3 Å². The van der Waals surface area contributed by atoms with Gasteiger partial charge in [-0.15, -0.1) is 0 Å². The van der Waals surface area contributed by atoms with Gasteiger partial charge in [0.2, 0.25) is 11.4 Å². The van der Waals surface area contributed by atoms with Crippen LogP contribution < -0.4 is 0 Å². The summed E-state index contributed by atoms with van der Waals surface area (Å²) in [5.41, 5.74) is -1.24. The second kappa shape index (κ2) is 3.87. The Kier molecular flexibility index (Phi) is 3.06. The van der Waals surface area contributed by atoms with Gasteiger partial charge in [0.1, 0.15) is 12.1 Å². The van der Waals surface area contributed by atoms with Crippen molar-refractivity contribution in [3.8, 4) is 12.1 Å². The van der Waals surface area contributed by atoms with Crippen LogP contribution in [0.25, 0.3) is 0 Å². The Morgan fingerprint density at radius 1 is 1.00 bits per heavy atom. The van der Waals surface area contributed by atoms with E-state index >= 15 is 0 Å². The molecule has 0 heterocycles. The SMILES string of the molecule is N#CC(=N/O)/C(C#N)=N\O. The van der Waals surface area contributed by atoms with Crippen molar-refractivity contribution in [1.82, 2.24) is 0 Å². The molecule has 0 saturated heterocycles. The van der Waals surface area contributed by atoms with E-state index in [2.05, 4.69) is 10.3 Å². The summed E-state index contributed by atoms with van der Waals surface area (Å²) in [7, 11) is 0. The molecule has 6 nitrogen and oxygen atoms in total. The maximum absolute atomic E-state index is 8.07. The highest BCUT2D eigenvalue weighted by molar-refractivity contribution is 6.53. The van der Waals surface area contributed by atoms with Gasteiger partial charge in [0.05, 0.1) is 0 Å². The highest BCUT2D eigenvalue weighted by Gasteiger charge is 2.07. The second-order valence-corrected chi connectivity index (χ2v) is 1.12. The lowest BCUT2D eigenvalue weighted by Crippen LogP contribution is -2.09. The van der Waals surface area contributed by atoms with Gasteiger partial charge in [-0.05, 0) is 0 Å². The lowest BCUT2D eigenvalue weighted by atomic mass is 10.3. The van der Waals surface area contributed by atoms with Crippen molar-refractivity contribution in [2.45, 2.75) is 0 Å². The third-order valence-electron chi connectivity index (χ3n) is 0.636. The molecule has 0 aromatic heterocycles. The molecule has 0 aromatic rings. The predicted molar refractivity (Wildman–Crippen MR) is 29.7 cm³/mol. The summed E-state index contributed by atoms with van der Waals surface area (Å²) < 4.78 is 0. The van der Waals surface area contributed by atoms with E-state index in [4.69, 9.17) is 20.9 Å². The van der Waals surface area contributed by atoms with E-state index in [0.29, 0.717) is 0 Å². The van der Waals surface area contributed by atoms with Crippen molar-refractivity contribution in [3.63, 3.8) is 0 Å². The average molecular weight is 138 g/mol. The minimum atomic E-state index is -0.620. The van der Waals surface area contributed by atoms with E-state index in [-0.39, 0.29) is 0 Å². The normalized spacial score (nSPS) is 11.8. The minimum absolute atomic E-state index is 0.620. The molecule has 0 aliphatic rings. The fourth-order valence-electron chi connectivity index (χ4n) is 0.245. The van der Waals surface area contributed by atoms with Gasteiger partial charge in [-0.2, -0.15) is 10.5 Å². The van der Waals surface area contributed by atoms with Crippen LogP contribution in [0.2, 0.25) is 0 Å². The zero-order valence-corrected chi connectivity index (χ0v) is 4.68. The fraction of sp³-hybridized carbons (Fsp3) is 0. The topological polar surface area (TPSA) is 113 Å². The van der Waals surface area contributed by atoms with Gasteiger partial charge >= 0.3 is 0 Å². The minimum Gasteiger partial charge on any atom is -0.410 e. The molecule has 0 bridgehead atoms. The quantitative estimate of drug-likeness (QED) is 0.294. The van der Waals surface area contributed by atoms with Crippen LogP contribution in [0.15, 0.2) is 10.3 Å². The lowest BCUT2D eigenvalue weighted by molar-refractivity contribution is 0.315. The third-order valence-corrected chi connectivity index (χ3v) is 0.636. The van der Waals surface area contributed by atoms with E-state index in [0.717, 1.165) is 0 Å². The molecular weight excluding hydrogens is 136 g/mol. The van der Waals surface area contributed by atoms with Crippen molar-refractivity contribution in [1.29, 1.82) is 10.5 Å². The van der Waals surface area contributed by atoms with Gasteiger partial charge < -0.3 is 10.4 Å². The number of oxime groups is 2. The first-order chi connectivity index (χ1) is 4.79. The molecule has 0 rings (SSSR count). The molecule has 10 heavy (non-hydrogen) atoms. The van der Waals surface area contributed by atoms with Crippen LogP contribution in [0.4, 0.5) is 0 Å². The largest absolute Gasteiger partial charge is 0.410 e. The Labute approximate surface area is 55.9 Å². The first-order valence-corrected chi connectivity index (χ1v) is 2.04. The lowest BCUT2D eigenvalue weighted by Gasteiger charge is -1.83. The van der Waals surface area contributed by atoms with E-state index in [9.17, 15) is 0 Å². The van der Waals surface area contributed by atoms with E-state index in [1.54, 1.807) is 0 Å². The molecule has 0 aliphatic heterocycles. The predicted octanol–water partition coefficient (Wildman–Crippen LogP) is -0.306. The van der Waals surface area contributed by atoms with Gasteiger partial charge in [0.25, 0.3) is 0 Å². The van der Waals surface area contributed by atoms with E-state index < -0.39 is 11.4 Å². The van der Waals surface area contributed by atoms with Crippen LogP contribution in [0.5, 0.6) is 0 Å². The van der Waals surface area contributed by atoms with Crippen LogP contribution in [-0.4, -0.2) is 21.8 Å². The maximum atomic E-state index is 8.07. The maximum Gasteiger partial charge on any atom is 0.219 e. The Morgan fingerprint density at radius 2 is 1.30 bits per heavy atom. The Morgan fingerprint density at radius 3 is 1.40 bits per heavy atom. The number of nitriles is 2. The summed E-state index contributed by atoms with van der Waals surface area (Å²) in [6.07, 6.45) is 0. The number of rotatable bonds is 1. The molecule has 0 fully saturated rings. The molecular formula is C4H2N4O2. The summed E-state index contributed by atoms with van der Waals surface area (Å²) >= 11 is 0. The molecule has 0 spiro atoms. The zero-order chi connectivity index (χ0) is 7.98. The number of nitrogens with zero attached hydrogens (tertiary/aromatic N) is 4. The van der Waals surface area contributed by atoms with Gasteiger partial charge in [0, 0.05) is 0 Å². The number of hydrogen-bond donors (Lipinski definition) is 2. The smallest absolute Gasteiger partial charge is 0.219 e. The molecule has 0 aromatic carbocycles. The standard InChI is InChI=1S/C4H2N4O2/c5-1-3(7-9)4(2-6)8-10/h9-10H/b7-3-,8-4-. The van der Waals surface area contributed by atoms with Crippen molar-refractivity contribution < 1.29 is 10.4 Å². The summed E-state index contributed by atoms with van der Waals surface area (Å²) in [5.74, 6) is 0. The molecule has 6 heteroatoms. The molecule has 2 N–H and O–H groups in total. The molecule has 0 amide bonds. The van der Waals surface area contributed by atoms with Crippen molar-refractivity contribution in [2.24, 2.45) is 10.3 Å². The summed E-state index contributed by atoms with van der Waals surface area (Å²) in [6.45, 7) is 0. The Hall–Kier alpha value is -2.08. The summed E-state index contributed by atoms with van der Waals surface area (Å²) in [4.78, 5) is 0. The van der Waals surface area contributed by atoms with Crippen LogP contribution in [0.3, 0.4) is 0 Å². The van der Waals surface area contributed by atoms with E-state index in [1.165, 1.54) is 12.1 Å². The van der Waals surface area contributed by atoms with Crippen molar-refractivity contribution >= 4 is 11.4 Å². The van der Waals surface area contributed by atoms with Crippen molar-refractivity contribution in [3.05, 3.63) is 0 Å². The summed E-state index contributed by atoms with van der Waals surface area (Å²) in [6, 6.07) is 2.68. The molecule has 50 valence electrons. The molecule has 0 saturated carbocycles. The average Bonchev–Trinajstić information content (AvgIpc) is 2.00. The highest BCUT2D eigenvalue weighted by atomic mass is 16.4. The fourth-order valence-corrected chi connectivity index (χ4v) is 0.245. The first-order valence-electron chi connectivity index (χ1n) is 2.04. The third kappa shape index (κ3) is 1.46. The highest BCUT2D eigenvalue weighted by Crippen LogP contribution is 1.80. The van der Waals surface area contributed by atoms with E-state index in [1.807, 2.05) is 0 Å². The van der Waals surface area contributed by atoms with Crippen LogP contribution in [0, 0.1) is 22.7 Å². The van der Waals surface area contributed by atoms with Gasteiger partial charge in [-0.3, -0.25) is 0 Å². The van der Waals surface area contributed by atoms with Crippen molar-refractivity contribution in [2.75, 3.05) is 0 Å². The number of hydrogen-bond acceptors (Lipinski definition) is 6. The zero-order valence-electron chi connectivity index (χ0n) is 4.68. The molecule has 0 radical (unpaired) electrons. The van der Waals surface area contributed by atoms with Crippen LogP contribution >= 0.6 is 0 Å². The molecule has 0 aliphatic carbocycles. The van der Waals surface area contributed by atoms with Gasteiger partial charge in [-0.25, -0.2) is 0 Å². The molecule has 0 unspecified atom stereocenters. The van der Waals surface area contributed by atoms with Crippen LogP contribution in [-0.2, 0) is 0 Å².